The molecule has 4 rings (SSSR count). The summed E-state index contributed by atoms with van der Waals surface area (Å²) in [6.45, 7) is 1.42. The maximum absolute atomic E-state index is 10.5. The number of nitrogen functional groups attached to an aromatic ring is 1. The Kier molecular flexibility index (Phi) is 5.59. The first-order chi connectivity index (χ1) is 14.5. The summed E-state index contributed by atoms with van der Waals surface area (Å²) in [5.74, 6) is 0.359. The average molecular weight is 413 g/mol. The fourth-order valence-corrected chi connectivity index (χ4v) is 3.42. The summed E-state index contributed by atoms with van der Waals surface area (Å²) in [4.78, 5) is 12.5. The van der Waals surface area contributed by atoms with Crippen LogP contribution in [0.25, 0.3) is 11.2 Å². The predicted octanol–water partition coefficient (Wildman–Crippen LogP) is 0.0505. The van der Waals surface area contributed by atoms with Gasteiger partial charge in [-0.3, -0.25) is 4.57 Å². The van der Waals surface area contributed by atoms with Crippen LogP contribution in [0.5, 0.6) is 0 Å². The van der Waals surface area contributed by atoms with Crippen molar-refractivity contribution in [1.82, 2.24) is 19.5 Å². The standard InChI is InChI=1S/C19H23N7O4/c1-10(7-11-5-3-2-4-6-11)24-25-19-23-13-16(20)21-9-22-17(13)26(19)18-15(29)14(28)12(8-27)30-18/h2-6,9,12,14-15,18,27-29H,7-8H2,1H3,(H,23,25)(H2,20,21,22)/b24-10+. The number of hydrogen-bond donors (Lipinski definition) is 5. The highest BCUT2D eigenvalue weighted by atomic mass is 16.6. The first-order valence-corrected chi connectivity index (χ1v) is 9.43. The normalized spacial score (nSPS) is 24.5. The van der Waals surface area contributed by atoms with E-state index in [2.05, 4.69) is 25.5 Å². The van der Waals surface area contributed by atoms with Crippen LogP contribution in [-0.2, 0) is 11.2 Å². The maximum atomic E-state index is 10.5. The molecule has 0 aliphatic carbocycles. The second-order valence-electron chi connectivity index (χ2n) is 7.09. The summed E-state index contributed by atoms with van der Waals surface area (Å²) >= 11 is 0. The number of anilines is 2. The van der Waals surface area contributed by atoms with Crippen molar-refractivity contribution in [1.29, 1.82) is 0 Å². The molecular formula is C19H23N7O4. The molecule has 1 aromatic carbocycles. The number of ether oxygens (including phenoxy) is 1. The monoisotopic (exact) mass is 413 g/mol. The molecule has 0 saturated carbocycles. The molecule has 0 bridgehead atoms. The van der Waals surface area contributed by atoms with E-state index >= 15 is 0 Å². The smallest absolute Gasteiger partial charge is 0.228 e. The number of hydrogen-bond acceptors (Lipinski definition) is 10. The third-order valence-electron chi connectivity index (χ3n) is 4.93. The van der Waals surface area contributed by atoms with Crippen LogP contribution in [0.15, 0.2) is 41.8 Å². The number of imidazole rings is 1. The summed E-state index contributed by atoms with van der Waals surface area (Å²) < 4.78 is 7.11. The quantitative estimate of drug-likeness (QED) is 0.277. The molecule has 4 unspecified atom stereocenters. The lowest BCUT2D eigenvalue weighted by atomic mass is 10.1. The van der Waals surface area contributed by atoms with Crippen molar-refractivity contribution in [2.75, 3.05) is 17.8 Å². The van der Waals surface area contributed by atoms with Crippen molar-refractivity contribution >= 4 is 28.6 Å². The highest BCUT2D eigenvalue weighted by Gasteiger charge is 2.45. The number of aromatic nitrogens is 4. The molecule has 4 atom stereocenters. The third kappa shape index (κ3) is 3.71. The molecule has 0 spiro atoms. The van der Waals surface area contributed by atoms with Crippen molar-refractivity contribution in [3.8, 4) is 0 Å². The molecule has 3 heterocycles. The summed E-state index contributed by atoms with van der Waals surface area (Å²) in [6, 6.07) is 9.87. The second kappa shape index (κ2) is 8.32. The Morgan fingerprint density at radius 3 is 2.70 bits per heavy atom. The Bertz CT molecular complexity index is 1060. The summed E-state index contributed by atoms with van der Waals surface area (Å²) in [6.07, 6.45) is -2.69. The molecule has 30 heavy (non-hydrogen) atoms. The van der Waals surface area contributed by atoms with Crippen molar-refractivity contribution in [2.24, 2.45) is 5.10 Å². The summed E-state index contributed by atoms with van der Waals surface area (Å²) in [5, 5.41) is 34.4. The first kappa shape index (κ1) is 20.2. The van der Waals surface area contributed by atoms with Gasteiger partial charge in [0.2, 0.25) is 5.95 Å². The minimum Gasteiger partial charge on any atom is -0.394 e. The zero-order valence-electron chi connectivity index (χ0n) is 16.3. The molecule has 11 nitrogen and oxygen atoms in total. The Balaban J connectivity index is 1.68. The number of nitrogens with one attached hydrogen (secondary N) is 1. The lowest BCUT2D eigenvalue weighted by Gasteiger charge is -2.19. The number of nitrogens with two attached hydrogens (primary N) is 1. The molecule has 1 aliphatic heterocycles. The third-order valence-corrected chi connectivity index (χ3v) is 4.93. The van der Waals surface area contributed by atoms with Gasteiger partial charge in [0.25, 0.3) is 0 Å². The fourth-order valence-electron chi connectivity index (χ4n) is 3.42. The van der Waals surface area contributed by atoms with E-state index in [9.17, 15) is 15.3 Å². The van der Waals surface area contributed by atoms with E-state index in [1.807, 2.05) is 37.3 Å². The lowest BCUT2D eigenvalue weighted by molar-refractivity contribution is -0.0501. The Hall–Kier alpha value is -3.12. The van der Waals surface area contributed by atoms with E-state index in [4.69, 9.17) is 10.5 Å². The van der Waals surface area contributed by atoms with Crippen molar-refractivity contribution < 1.29 is 20.1 Å². The van der Waals surface area contributed by atoms with Crippen LogP contribution in [0.2, 0.25) is 0 Å². The van der Waals surface area contributed by atoms with Gasteiger partial charge in [0.15, 0.2) is 23.2 Å². The molecule has 1 fully saturated rings. The van der Waals surface area contributed by atoms with Crippen LogP contribution in [0.4, 0.5) is 11.8 Å². The first-order valence-electron chi connectivity index (χ1n) is 9.43. The van der Waals surface area contributed by atoms with Gasteiger partial charge in [0.05, 0.1) is 6.61 Å². The lowest BCUT2D eigenvalue weighted by Crippen LogP contribution is -2.33. The molecule has 3 aromatic rings. The van der Waals surface area contributed by atoms with Gasteiger partial charge in [-0.2, -0.15) is 5.10 Å². The van der Waals surface area contributed by atoms with E-state index in [0.29, 0.717) is 17.6 Å². The highest BCUT2D eigenvalue weighted by molar-refractivity contribution is 5.86. The molecule has 1 saturated heterocycles. The maximum Gasteiger partial charge on any atom is 0.228 e. The zero-order valence-corrected chi connectivity index (χ0v) is 16.3. The van der Waals surface area contributed by atoms with Crippen LogP contribution in [0, 0.1) is 0 Å². The largest absolute Gasteiger partial charge is 0.394 e. The molecule has 0 radical (unpaired) electrons. The van der Waals surface area contributed by atoms with Crippen molar-refractivity contribution in [3.05, 3.63) is 42.2 Å². The summed E-state index contributed by atoms with van der Waals surface area (Å²) in [7, 11) is 0. The van der Waals surface area contributed by atoms with E-state index in [0.717, 1.165) is 11.3 Å². The van der Waals surface area contributed by atoms with Gasteiger partial charge in [0, 0.05) is 12.1 Å². The van der Waals surface area contributed by atoms with Gasteiger partial charge >= 0.3 is 0 Å². The van der Waals surface area contributed by atoms with Crippen LogP contribution in [0.1, 0.15) is 18.7 Å². The number of hydrazone groups is 1. The predicted molar refractivity (Wildman–Crippen MR) is 110 cm³/mol. The Morgan fingerprint density at radius 1 is 1.23 bits per heavy atom. The molecule has 6 N–H and O–H groups in total. The van der Waals surface area contributed by atoms with Crippen LogP contribution in [-0.4, -0.2) is 65.5 Å². The van der Waals surface area contributed by atoms with Gasteiger partial charge in [-0.1, -0.05) is 30.3 Å². The molecule has 2 aromatic heterocycles. The van der Waals surface area contributed by atoms with E-state index in [-0.39, 0.29) is 11.8 Å². The van der Waals surface area contributed by atoms with Crippen LogP contribution in [0.3, 0.4) is 0 Å². The number of aliphatic hydroxyl groups is 3. The van der Waals surface area contributed by atoms with Gasteiger partial charge in [-0.25, -0.2) is 20.4 Å². The number of rotatable bonds is 6. The second-order valence-corrected chi connectivity index (χ2v) is 7.09. The van der Waals surface area contributed by atoms with Crippen molar-refractivity contribution in [3.63, 3.8) is 0 Å². The average Bonchev–Trinajstić information content (AvgIpc) is 3.25. The number of fused-ring (bicyclic) bond motifs is 1. The summed E-state index contributed by atoms with van der Waals surface area (Å²) in [5.41, 5.74) is 11.3. The van der Waals surface area contributed by atoms with E-state index in [1.54, 1.807) is 0 Å². The van der Waals surface area contributed by atoms with Crippen LogP contribution >= 0.6 is 0 Å². The number of nitrogens with zero attached hydrogens (tertiary/aromatic N) is 5. The minimum atomic E-state index is -1.31. The van der Waals surface area contributed by atoms with Crippen molar-refractivity contribution in [2.45, 2.75) is 37.9 Å². The molecule has 11 heteroatoms. The molecule has 0 amide bonds. The number of benzene rings is 1. The van der Waals surface area contributed by atoms with Gasteiger partial charge < -0.3 is 25.8 Å². The van der Waals surface area contributed by atoms with Gasteiger partial charge in [-0.05, 0) is 12.5 Å². The number of aliphatic hydroxyl groups excluding tert-OH is 3. The zero-order chi connectivity index (χ0) is 21.3. The molecular weight excluding hydrogens is 390 g/mol. The van der Waals surface area contributed by atoms with E-state index in [1.165, 1.54) is 10.9 Å². The SMILES string of the molecule is C/C(Cc1ccccc1)=N\Nc1nc2c(N)ncnc2n1C1OC(CO)C(O)C1O. The fraction of sp³-hybridized carbons (Fsp3) is 0.368. The van der Waals surface area contributed by atoms with Crippen LogP contribution < -0.4 is 11.2 Å². The van der Waals surface area contributed by atoms with Gasteiger partial charge in [0.1, 0.15) is 24.6 Å². The Labute approximate surface area is 171 Å². The highest BCUT2D eigenvalue weighted by Crippen LogP contribution is 2.35. The minimum absolute atomic E-state index is 0.151. The molecule has 158 valence electrons. The molecule has 1 aliphatic rings. The van der Waals surface area contributed by atoms with Gasteiger partial charge in [-0.15, -0.1) is 0 Å². The van der Waals surface area contributed by atoms with E-state index < -0.39 is 31.1 Å². The topological polar surface area (TPSA) is 164 Å². The Morgan fingerprint density at radius 2 is 2.00 bits per heavy atom.